The van der Waals surface area contributed by atoms with E-state index in [2.05, 4.69) is 83.2 Å². The van der Waals surface area contributed by atoms with Gasteiger partial charge in [0.05, 0.1) is 0 Å². The molecule has 1 aliphatic rings. The Labute approximate surface area is 194 Å². The molecule has 0 spiro atoms. The summed E-state index contributed by atoms with van der Waals surface area (Å²) in [6.07, 6.45) is 1.70. The predicted octanol–water partition coefficient (Wildman–Crippen LogP) is 4.63. The van der Waals surface area contributed by atoms with Crippen LogP contribution in [0.1, 0.15) is 18.4 Å². The van der Waals surface area contributed by atoms with E-state index in [-0.39, 0.29) is 11.8 Å². The van der Waals surface area contributed by atoms with Gasteiger partial charge in [-0.2, -0.15) is 5.21 Å². The molecule has 2 N–H and O–H groups in total. The number of aromatic amines is 1. The lowest BCUT2D eigenvalue weighted by molar-refractivity contribution is -0.121. The summed E-state index contributed by atoms with van der Waals surface area (Å²) in [5.41, 5.74) is 2.84. The number of tetrazole rings is 1. The molecule has 7 nitrogen and oxygen atoms in total. The van der Waals surface area contributed by atoms with Gasteiger partial charge in [-0.1, -0.05) is 48.5 Å². The van der Waals surface area contributed by atoms with Gasteiger partial charge in [0.1, 0.15) is 0 Å². The molecular weight excluding hydrogens is 468 g/mol. The highest BCUT2D eigenvalue weighted by Gasteiger charge is 2.25. The topological polar surface area (TPSA) is 86.8 Å². The first-order chi connectivity index (χ1) is 15.7. The lowest BCUT2D eigenvalue weighted by atomic mass is 9.95. The molecule has 1 aromatic heterocycles. The number of nitrogens with zero attached hydrogens (tertiary/aromatic N) is 4. The van der Waals surface area contributed by atoms with Crippen molar-refractivity contribution in [3.63, 3.8) is 0 Å². The minimum absolute atomic E-state index is 0.0140. The Morgan fingerprint density at radius 2 is 1.94 bits per heavy atom. The molecular formula is C24H23BrN6O. The van der Waals surface area contributed by atoms with Crippen molar-refractivity contribution in [1.82, 2.24) is 25.5 Å². The van der Waals surface area contributed by atoms with Gasteiger partial charge in [0.2, 0.25) is 11.7 Å². The summed E-state index contributed by atoms with van der Waals surface area (Å²) in [5.74, 6) is 0.594. The van der Waals surface area contributed by atoms with E-state index in [9.17, 15) is 4.79 Å². The number of piperidine rings is 1. The molecule has 3 aromatic carbocycles. The Bertz CT molecular complexity index is 1230. The number of rotatable bonds is 5. The average Bonchev–Trinajstić information content (AvgIpc) is 3.37. The highest BCUT2D eigenvalue weighted by molar-refractivity contribution is 9.10. The predicted molar refractivity (Wildman–Crippen MR) is 128 cm³/mol. The molecule has 4 aromatic rings. The quantitative estimate of drug-likeness (QED) is 0.425. The van der Waals surface area contributed by atoms with Gasteiger partial charge in [-0.3, -0.25) is 9.69 Å². The Morgan fingerprint density at radius 3 is 2.75 bits per heavy atom. The molecule has 32 heavy (non-hydrogen) atoms. The van der Waals surface area contributed by atoms with Crippen molar-refractivity contribution in [3.05, 3.63) is 70.7 Å². The van der Waals surface area contributed by atoms with Crippen LogP contribution in [0.2, 0.25) is 0 Å². The Kier molecular flexibility index (Phi) is 5.96. The average molecular weight is 491 g/mol. The van der Waals surface area contributed by atoms with Crippen molar-refractivity contribution in [2.24, 2.45) is 5.92 Å². The van der Waals surface area contributed by atoms with Crippen LogP contribution in [-0.2, 0) is 11.3 Å². The molecule has 0 aliphatic carbocycles. The van der Waals surface area contributed by atoms with Crippen LogP contribution in [0.3, 0.4) is 0 Å². The van der Waals surface area contributed by atoms with Crippen LogP contribution in [0.4, 0.5) is 5.69 Å². The van der Waals surface area contributed by atoms with Crippen LogP contribution in [-0.4, -0.2) is 44.5 Å². The van der Waals surface area contributed by atoms with Gasteiger partial charge in [0, 0.05) is 28.2 Å². The number of hydrogen-bond donors (Lipinski definition) is 2. The van der Waals surface area contributed by atoms with Crippen molar-refractivity contribution in [1.29, 1.82) is 0 Å². The van der Waals surface area contributed by atoms with E-state index in [0.29, 0.717) is 5.82 Å². The van der Waals surface area contributed by atoms with Crippen molar-refractivity contribution in [2.75, 3.05) is 18.4 Å². The van der Waals surface area contributed by atoms with Gasteiger partial charge < -0.3 is 5.32 Å². The smallest absolute Gasteiger partial charge is 0.227 e. The number of fused-ring (bicyclic) bond motifs is 1. The van der Waals surface area contributed by atoms with E-state index in [1.807, 2.05) is 24.3 Å². The molecule has 162 valence electrons. The normalized spacial score (nSPS) is 15.2. The zero-order valence-corrected chi connectivity index (χ0v) is 19.0. The largest absolute Gasteiger partial charge is 0.326 e. The van der Waals surface area contributed by atoms with Crippen LogP contribution < -0.4 is 5.32 Å². The number of nitrogens with one attached hydrogen (secondary N) is 2. The number of benzene rings is 3. The first-order valence-electron chi connectivity index (χ1n) is 10.7. The van der Waals surface area contributed by atoms with E-state index in [4.69, 9.17) is 0 Å². The lowest BCUT2D eigenvalue weighted by Gasteiger charge is -2.31. The van der Waals surface area contributed by atoms with E-state index in [1.54, 1.807) is 0 Å². The number of halogens is 1. The fourth-order valence-electron chi connectivity index (χ4n) is 4.26. The number of anilines is 1. The highest BCUT2D eigenvalue weighted by Crippen LogP contribution is 2.30. The summed E-state index contributed by atoms with van der Waals surface area (Å²) in [4.78, 5) is 15.3. The maximum absolute atomic E-state index is 12.8. The highest BCUT2D eigenvalue weighted by atomic mass is 79.9. The summed E-state index contributed by atoms with van der Waals surface area (Å²) in [7, 11) is 0. The second-order valence-corrected chi connectivity index (χ2v) is 8.91. The minimum Gasteiger partial charge on any atom is -0.326 e. The van der Waals surface area contributed by atoms with Gasteiger partial charge >= 0.3 is 0 Å². The summed E-state index contributed by atoms with van der Waals surface area (Å²) in [6, 6.07) is 20.3. The third kappa shape index (κ3) is 4.42. The van der Waals surface area contributed by atoms with Crippen LogP contribution in [0.15, 0.2) is 65.1 Å². The second-order valence-electron chi connectivity index (χ2n) is 8.12. The standard InChI is InChI=1S/C24H23BrN6O/c25-22-19(9-8-16-4-1-2-7-21(16)22)15-31-12-10-17(11-13-31)24(32)26-20-6-3-5-18(14-20)23-27-29-30-28-23/h1-9,14,17H,10-13,15H2,(H,26,32)(H,27,28,29,30). The second kappa shape index (κ2) is 9.18. The monoisotopic (exact) mass is 490 g/mol. The molecule has 0 atom stereocenters. The molecule has 1 fully saturated rings. The van der Waals surface area contributed by atoms with Crippen LogP contribution in [0.25, 0.3) is 22.2 Å². The van der Waals surface area contributed by atoms with E-state index >= 15 is 0 Å². The van der Waals surface area contributed by atoms with E-state index in [1.165, 1.54) is 16.3 Å². The van der Waals surface area contributed by atoms with Crippen LogP contribution >= 0.6 is 15.9 Å². The first-order valence-corrected chi connectivity index (χ1v) is 11.5. The molecule has 1 saturated heterocycles. The fourth-order valence-corrected chi connectivity index (χ4v) is 4.88. The molecule has 0 saturated carbocycles. The summed E-state index contributed by atoms with van der Waals surface area (Å²) in [5, 5.41) is 19.6. The molecule has 1 amide bonds. The van der Waals surface area contributed by atoms with Gasteiger partial charge in [-0.05, 0) is 75.5 Å². The molecule has 1 aliphatic heterocycles. The maximum atomic E-state index is 12.8. The van der Waals surface area contributed by atoms with Gasteiger partial charge in [0.25, 0.3) is 0 Å². The van der Waals surface area contributed by atoms with Gasteiger partial charge in [0.15, 0.2) is 0 Å². The van der Waals surface area contributed by atoms with Crippen molar-refractivity contribution < 1.29 is 4.79 Å². The molecule has 8 heteroatoms. The number of amides is 1. The number of carbonyl (C=O) groups excluding carboxylic acids is 1. The number of hydrogen-bond acceptors (Lipinski definition) is 5. The van der Waals surface area contributed by atoms with Crippen LogP contribution in [0.5, 0.6) is 0 Å². The third-order valence-electron chi connectivity index (χ3n) is 6.03. The maximum Gasteiger partial charge on any atom is 0.227 e. The van der Waals surface area contributed by atoms with Crippen molar-refractivity contribution >= 4 is 38.3 Å². The van der Waals surface area contributed by atoms with Crippen molar-refractivity contribution in [3.8, 4) is 11.4 Å². The molecule has 0 bridgehead atoms. The number of H-pyrrole nitrogens is 1. The fraction of sp³-hybridized carbons (Fsp3) is 0.250. The number of aromatic nitrogens is 4. The number of carbonyl (C=O) groups is 1. The van der Waals surface area contributed by atoms with Gasteiger partial charge in [-0.15, -0.1) is 10.2 Å². The first kappa shape index (κ1) is 20.8. The van der Waals surface area contributed by atoms with Crippen LogP contribution in [0, 0.1) is 5.92 Å². The molecule has 0 radical (unpaired) electrons. The Morgan fingerprint density at radius 1 is 1.09 bits per heavy atom. The molecule has 0 unspecified atom stereocenters. The minimum atomic E-state index is 0.0140. The van der Waals surface area contributed by atoms with E-state index < -0.39 is 0 Å². The SMILES string of the molecule is O=C(Nc1cccc(-c2nn[nH]n2)c1)C1CCN(Cc2ccc3ccccc3c2Br)CC1. The lowest BCUT2D eigenvalue weighted by Crippen LogP contribution is -2.37. The molecule has 2 heterocycles. The summed E-state index contributed by atoms with van der Waals surface area (Å²) < 4.78 is 1.16. The van der Waals surface area contributed by atoms with Gasteiger partial charge in [-0.25, -0.2) is 0 Å². The Balaban J connectivity index is 1.18. The van der Waals surface area contributed by atoms with E-state index in [0.717, 1.165) is 48.2 Å². The molecule has 5 rings (SSSR count). The number of likely N-dealkylation sites (tertiary alicyclic amines) is 1. The van der Waals surface area contributed by atoms with Crippen molar-refractivity contribution in [2.45, 2.75) is 19.4 Å². The third-order valence-corrected chi connectivity index (χ3v) is 6.97. The summed E-state index contributed by atoms with van der Waals surface area (Å²) in [6.45, 7) is 2.69. The summed E-state index contributed by atoms with van der Waals surface area (Å²) >= 11 is 3.80. The Hall–Kier alpha value is -3.10. The zero-order chi connectivity index (χ0) is 21.9. The zero-order valence-electron chi connectivity index (χ0n) is 17.5.